The molecule has 1 aliphatic heterocycles. The largest absolute Gasteiger partial charge is 0.593 e. The van der Waals surface area contributed by atoms with Gasteiger partial charge in [0.05, 0.1) is 17.9 Å². The maximum atomic E-state index is 14.0. The van der Waals surface area contributed by atoms with Gasteiger partial charge in [0.1, 0.15) is 23.3 Å². The third-order valence-electron chi connectivity index (χ3n) is 8.91. The molecule has 0 radical (unpaired) electrons. The molecule has 2 saturated carbocycles. The molecule has 5 atom stereocenters. The maximum absolute atomic E-state index is 14.0. The van der Waals surface area contributed by atoms with Gasteiger partial charge in [-0.2, -0.15) is 4.72 Å². The average Bonchev–Trinajstić information content (AvgIpc) is 3.92. The molecule has 242 valence electrons. The Hall–Kier alpha value is -4.09. The smallest absolute Gasteiger partial charge is 0.411 e. The van der Waals surface area contributed by atoms with Crippen LogP contribution in [0.3, 0.4) is 0 Å². The van der Waals surface area contributed by atoms with Crippen molar-refractivity contribution in [2.75, 3.05) is 6.54 Å². The highest BCUT2D eigenvalue weighted by atomic mass is 32.2. The fourth-order valence-corrected chi connectivity index (χ4v) is 7.49. The molecule has 3 fully saturated rings. The summed E-state index contributed by atoms with van der Waals surface area (Å²) in [4.78, 5) is 46.8. The lowest BCUT2D eigenvalue weighted by Gasteiger charge is -2.29. The van der Waals surface area contributed by atoms with Gasteiger partial charge in [-0.15, -0.1) is 6.58 Å². The van der Waals surface area contributed by atoms with E-state index in [4.69, 9.17) is 9.47 Å². The van der Waals surface area contributed by atoms with Crippen molar-refractivity contribution < 1.29 is 28.4 Å². The van der Waals surface area contributed by atoms with Crippen LogP contribution in [-0.2, 0) is 32.1 Å². The second kappa shape index (κ2) is 12.3. The van der Waals surface area contributed by atoms with Crippen molar-refractivity contribution in [1.29, 1.82) is 0 Å². The number of fused-ring (bicyclic) bond motifs is 1. The molecule has 6 rings (SSSR count). The average molecular weight is 645 g/mol. The lowest BCUT2D eigenvalue weighted by molar-refractivity contribution is -0.131. The van der Waals surface area contributed by atoms with Crippen molar-refractivity contribution in [3.63, 3.8) is 0 Å². The van der Waals surface area contributed by atoms with Gasteiger partial charge >= 0.3 is 6.09 Å². The summed E-state index contributed by atoms with van der Waals surface area (Å²) in [6.07, 6.45) is 4.61. The number of nitrogens with zero attached hydrogens (tertiary/aromatic N) is 2. The van der Waals surface area contributed by atoms with E-state index >= 15 is 0 Å². The van der Waals surface area contributed by atoms with Crippen molar-refractivity contribution in [2.24, 2.45) is 5.92 Å². The Kier molecular flexibility index (Phi) is 8.49. The van der Waals surface area contributed by atoms with Crippen LogP contribution < -0.4 is 14.8 Å². The number of amides is 3. The van der Waals surface area contributed by atoms with Gasteiger partial charge in [0.15, 0.2) is 4.75 Å². The number of ether oxygens (including phenoxy) is 2. The SMILES string of the molecule is C=C[C@@H]1C[C@]1(NC(=O)[C@@H]1C[C@@H](Oc2nccc3ccccc23)CN1C(=O)OC(C)(C)C)C(=O)N[S+]([O-])C1(Cc2ccccc2)CC1. The third-order valence-corrected chi connectivity index (χ3v) is 10.6. The van der Waals surface area contributed by atoms with Gasteiger partial charge in [0, 0.05) is 43.2 Å². The first-order valence-corrected chi connectivity index (χ1v) is 16.8. The van der Waals surface area contributed by atoms with Crippen LogP contribution in [0.25, 0.3) is 10.8 Å². The topological polar surface area (TPSA) is 133 Å². The maximum Gasteiger partial charge on any atom is 0.411 e. The van der Waals surface area contributed by atoms with Crippen LogP contribution in [0, 0.1) is 5.92 Å². The van der Waals surface area contributed by atoms with E-state index in [0.29, 0.717) is 18.7 Å². The fraction of sp³-hybridized carbons (Fsp3) is 0.429. The number of carbonyl (C=O) groups is 3. The van der Waals surface area contributed by atoms with Gasteiger partial charge in [-0.25, -0.2) is 9.78 Å². The van der Waals surface area contributed by atoms with Gasteiger partial charge in [-0.1, -0.05) is 54.6 Å². The zero-order valence-electron chi connectivity index (χ0n) is 26.4. The Balaban J connectivity index is 1.18. The summed E-state index contributed by atoms with van der Waals surface area (Å²) >= 11 is -1.65. The van der Waals surface area contributed by atoms with Crippen LogP contribution in [-0.4, -0.2) is 66.9 Å². The number of carbonyl (C=O) groups excluding carboxylic acids is 3. The summed E-state index contributed by atoms with van der Waals surface area (Å²) in [5.41, 5.74) is -1.05. The first kappa shape index (κ1) is 31.9. The first-order valence-electron chi connectivity index (χ1n) is 15.6. The van der Waals surface area contributed by atoms with E-state index in [9.17, 15) is 18.9 Å². The molecule has 10 nitrogen and oxygen atoms in total. The normalized spacial score (nSPS) is 25.3. The highest BCUT2D eigenvalue weighted by Gasteiger charge is 2.64. The van der Waals surface area contributed by atoms with E-state index in [-0.39, 0.29) is 18.9 Å². The van der Waals surface area contributed by atoms with Crippen LogP contribution in [0.5, 0.6) is 5.88 Å². The van der Waals surface area contributed by atoms with Gasteiger partial charge < -0.3 is 19.3 Å². The molecule has 0 bridgehead atoms. The summed E-state index contributed by atoms with van der Waals surface area (Å²) in [5, 5.41) is 4.69. The Morgan fingerprint density at radius 3 is 2.50 bits per heavy atom. The zero-order valence-corrected chi connectivity index (χ0v) is 27.2. The molecule has 1 saturated heterocycles. The molecule has 3 amide bonds. The van der Waals surface area contributed by atoms with Crippen LogP contribution in [0.2, 0.25) is 0 Å². The minimum absolute atomic E-state index is 0.0913. The molecule has 46 heavy (non-hydrogen) atoms. The molecule has 2 heterocycles. The number of rotatable bonds is 10. The van der Waals surface area contributed by atoms with Gasteiger partial charge in [-0.3, -0.25) is 14.5 Å². The number of benzene rings is 2. The Morgan fingerprint density at radius 2 is 1.83 bits per heavy atom. The van der Waals surface area contributed by atoms with Crippen LogP contribution in [0.4, 0.5) is 4.79 Å². The van der Waals surface area contributed by atoms with Crippen molar-refractivity contribution in [1.82, 2.24) is 19.9 Å². The molecule has 0 spiro atoms. The summed E-state index contributed by atoms with van der Waals surface area (Å²) in [6, 6.07) is 18.4. The van der Waals surface area contributed by atoms with E-state index in [1.165, 1.54) is 4.90 Å². The lowest BCUT2D eigenvalue weighted by Crippen LogP contribution is -2.57. The summed E-state index contributed by atoms with van der Waals surface area (Å²) < 4.78 is 27.6. The molecule has 11 heteroatoms. The van der Waals surface area contributed by atoms with E-state index in [2.05, 4.69) is 21.6 Å². The molecule has 3 aromatic rings. The van der Waals surface area contributed by atoms with Gasteiger partial charge in [0.2, 0.25) is 11.8 Å². The molecular weight excluding hydrogens is 604 g/mol. The van der Waals surface area contributed by atoms with E-state index in [1.54, 1.807) is 33.0 Å². The minimum Gasteiger partial charge on any atom is -0.593 e. The minimum atomic E-state index is -1.65. The standard InChI is InChI=1S/C35H40N4O6S/c1-5-25-21-35(25,31(41)38-46(43)34(16-17-34)20-23-11-7-6-8-12-23)37-29(40)28-19-26(22-39(28)32(42)45-33(2,3)4)44-30-27-14-10-9-13-24(27)15-18-36-30/h5-15,18,25-26,28H,1,16-17,19-22H2,2-4H3,(H,37,40)(H,38,41)/t25-,26-,28+,35-,46?/m1/s1. The molecule has 3 aliphatic rings. The molecule has 1 aromatic heterocycles. The highest BCUT2D eigenvalue weighted by molar-refractivity contribution is 7.91. The molecule has 2 N–H and O–H groups in total. The van der Waals surface area contributed by atoms with E-state index in [0.717, 1.165) is 29.2 Å². The second-order valence-electron chi connectivity index (χ2n) is 13.5. The van der Waals surface area contributed by atoms with E-state index < -0.39 is 57.3 Å². The number of hydrogen-bond donors (Lipinski definition) is 2. The summed E-state index contributed by atoms with van der Waals surface area (Å²) in [5.74, 6) is -0.970. The van der Waals surface area contributed by atoms with Crippen molar-refractivity contribution in [3.05, 3.63) is 85.1 Å². The lowest BCUT2D eigenvalue weighted by atomic mass is 10.1. The van der Waals surface area contributed by atoms with Crippen LogP contribution in [0.15, 0.2) is 79.5 Å². The summed E-state index contributed by atoms with van der Waals surface area (Å²) in [6.45, 7) is 9.21. The number of aromatic nitrogens is 1. The molecular formula is C35H40N4O6S. The fourth-order valence-electron chi connectivity index (χ4n) is 6.15. The highest BCUT2D eigenvalue weighted by Crippen LogP contribution is 2.48. The predicted octanol–water partition coefficient (Wildman–Crippen LogP) is 4.61. The quantitative estimate of drug-likeness (QED) is 0.243. The van der Waals surface area contributed by atoms with Crippen LogP contribution >= 0.6 is 0 Å². The number of likely N-dealkylation sites (tertiary alicyclic amines) is 1. The first-order chi connectivity index (χ1) is 21.9. The molecule has 2 aliphatic carbocycles. The predicted molar refractivity (Wildman–Crippen MR) is 175 cm³/mol. The van der Waals surface area contributed by atoms with Crippen molar-refractivity contribution in [3.8, 4) is 5.88 Å². The molecule has 2 aromatic carbocycles. The van der Waals surface area contributed by atoms with Crippen LogP contribution in [0.1, 0.15) is 52.0 Å². The third kappa shape index (κ3) is 6.57. The van der Waals surface area contributed by atoms with Crippen molar-refractivity contribution in [2.45, 2.75) is 80.9 Å². The van der Waals surface area contributed by atoms with E-state index in [1.807, 2.05) is 60.7 Å². The Bertz CT molecular complexity index is 1640. The van der Waals surface area contributed by atoms with Crippen molar-refractivity contribution >= 4 is 40.0 Å². The Labute approximate surface area is 272 Å². The number of nitrogens with one attached hydrogen (secondary N) is 2. The summed E-state index contributed by atoms with van der Waals surface area (Å²) in [7, 11) is 0. The number of pyridine rings is 1. The van der Waals surface area contributed by atoms with Gasteiger partial charge in [-0.05, 0) is 50.3 Å². The second-order valence-corrected chi connectivity index (χ2v) is 15.1. The molecule has 1 unspecified atom stereocenters. The number of hydrogen-bond acceptors (Lipinski definition) is 7. The zero-order chi connectivity index (χ0) is 32.7. The monoisotopic (exact) mass is 644 g/mol. The Morgan fingerprint density at radius 1 is 1.11 bits per heavy atom. The van der Waals surface area contributed by atoms with Gasteiger partial charge in [0.25, 0.3) is 5.91 Å².